The minimum absolute atomic E-state index is 0.101. The molecule has 1 aromatic carbocycles. The average Bonchev–Trinajstić information content (AvgIpc) is 2.95. The topological polar surface area (TPSA) is 87.2 Å². The Labute approximate surface area is 142 Å². The molecule has 0 fully saturated rings. The van der Waals surface area contributed by atoms with Crippen LogP contribution in [-0.2, 0) is 0 Å². The van der Waals surface area contributed by atoms with E-state index < -0.39 is 0 Å². The van der Waals surface area contributed by atoms with E-state index >= 15 is 0 Å². The molecule has 6 nitrogen and oxygen atoms in total. The van der Waals surface area contributed by atoms with E-state index in [1.165, 1.54) is 0 Å². The molecule has 2 aromatic rings. The van der Waals surface area contributed by atoms with Crippen molar-refractivity contribution < 1.29 is 14.6 Å². The van der Waals surface area contributed by atoms with E-state index in [-0.39, 0.29) is 17.9 Å². The first-order valence-corrected chi connectivity index (χ1v) is 7.96. The van der Waals surface area contributed by atoms with Crippen LogP contribution in [0.1, 0.15) is 36.5 Å². The molecule has 1 heterocycles. The predicted molar refractivity (Wildman–Crippen MR) is 93.1 cm³/mol. The van der Waals surface area contributed by atoms with Crippen LogP contribution in [0.15, 0.2) is 24.3 Å². The third-order valence-electron chi connectivity index (χ3n) is 3.96. The zero-order chi connectivity index (χ0) is 17.7. The molecule has 3 N–H and O–H groups in total. The maximum Gasteiger partial charge on any atom is 0.271 e. The molecule has 0 aliphatic rings. The number of aromatic nitrogens is 2. The molecule has 0 aliphatic carbocycles. The van der Waals surface area contributed by atoms with Crippen molar-refractivity contribution in [3.05, 3.63) is 35.7 Å². The first-order valence-electron chi connectivity index (χ1n) is 7.96. The highest BCUT2D eigenvalue weighted by atomic mass is 16.5. The largest absolute Gasteiger partial charge is 0.497 e. The van der Waals surface area contributed by atoms with E-state index in [9.17, 15) is 4.79 Å². The van der Waals surface area contributed by atoms with Gasteiger partial charge < -0.3 is 20.1 Å². The number of amides is 1. The van der Waals surface area contributed by atoms with Gasteiger partial charge in [-0.05, 0) is 30.9 Å². The van der Waals surface area contributed by atoms with Crippen molar-refractivity contribution >= 4 is 5.91 Å². The van der Waals surface area contributed by atoms with Crippen molar-refractivity contribution in [3.63, 3.8) is 0 Å². The molecule has 6 heteroatoms. The van der Waals surface area contributed by atoms with Crippen LogP contribution in [-0.4, -0.2) is 41.2 Å². The van der Waals surface area contributed by atoms with Crippen molar-refractivity contribution in [2.75, 3.05) is 20.3 Å². The number of H-pyrrole nitrogens is 1. The van der Waals surface area contributed by atoms with E-state index in [1.54, 1.807) is 7.11 Å². The molecule has 0 saturated heterocycles. The van der Waals surface area contributed by atoms with Gasteiger partial charge in [-0.15, -0.1) is 0 Å². The maximum atomic E-state index is 12.4. The van der Waals surface area contributed by atoms with Crippen LogP contribution in [0.25, 0.3) is 11.4 Å². The Morgan fingerprint density at radius 2 is 2.17 bits per heavy atom. The highest BCUT2D eigenvalue weighted by Gasteiger charge is 2.21. The predicted octanol–water partition coefficient (Wildman–Crippen LogP) is 2.53. The molecule has 0 bridgehead atoms. The number of methoxy groups -OCH3 is 1. The summed E-state index contributed by atoms with van der Waals surface area (Å²) in [6.07, 6.45) is 0.627. The molecular weight excluding hydrogens is 306 g/mol. The molecule has 0 radical (unpaired) electrons. The molecule has 0 saturated carbocycles. The minimum Gasteiger partial charge on any atom is -0.497 e. The monoisotopic (exact) mass is 331 g/mol. The van der Waals surface area contributed by atoms with E-state index in [1.807, 2.05) is 45.0 Å². The van der Waals surface area contributed by atoms with Crippen LogP contribution in [0, 0.1) is 12.3 Å². The van der Waals surface area contributed by atoms with Crippen molar-refractivity contribution in [3.8, 4) is 17.1 Å². The quantitative estimate of drug-likeness (QED) is 0.727. The standard InChI is InChI=1S/C18H25N3O3/c1-12-15(17(23)19-11-18(2,3)8-9-22)21-16(20-12)13-6-5-7-14(10-13)24-4/h5-7,10,22H,8-9,11H2,1-4H3,(H,19,23)(H,20,21). The summed E-state index contributed by atoms with van der Waals surface area (Å²) in [6, 6.07) is 7.51. The Morgan fingerprint density at radius 1 is 1.42 bits per heavy atom. The molecule has 2 rings (SSSR count). The van der Waals surface area contributed by atoms with E-state index in [0.717, 1.165) is 11.3 Å². The van der Waals surface area contributed by atoms with Crippen molar-refractivity contribution in [1.29, 1.82) is 0 Å². The van der Waals surface area contributed by atoms with Crippen LogP contribution in [0.3, 0.4) is 0 Å². The fraction of sp³-hybridized carbons (Fsp3) is 0.444. The lowest BCUT2D eigenvalue weighted by atomic mass is 9.90. The Kier molecular flexibility index (Phi) is 5.62. The number of aromatic amines is 1. The fourth-order valence-corrected chi connectivity index (χ4v) is 2.38. The maximum absolute atomic E-state index is 12.4. The van der Waals surface area contributed by atoms with Crippen LogP contribution in [0.5, 0.6) is 5.75 Å². The highest BCUT2D eigenvalue weighted by Crippen LogP contribution is 2.23. The van der Waals surface area contributed by atoms with Crippen molar-refractivity contribution in [1.82, 2.24) is 15.3 Å². The number of imidazole rings is 1. The second-order valence-corrected chi connectivity index (χ2v) is 6.61. The summed E-state index contributed by atoms with van der Waals surface area (Å²) >= 11 is 0. The van der Waals surface area contributed by atoms with Gasteiger partial charge in [0.15, 0.2) is 0 Å². The molecule has 0 spiro atoms. The number of carbonyl (C=O) groups is 1. The Balaban J connectivity index is 2.14. The number of benzene rings is 1. The summed E-state index contributed by atoms with van der Waals surface area (Å²) in [5.41, 5.74) is 1.79. The van der Waals surface area contributed by atoms with Gasteiger partial charge in [-0.1, -0.05) is 26.0 Å². The van der Waals surface area contributed by atoms with Crippen molar-refractivity contribution in [2.24, 2.45) is 5.41 Å². The number of rotatable bonds is 7. The summed E-state index contributed by atoms with van der Waals surface area (Å²) in [7, 11) is 1.61. The van der Waals surface area contributed by atoms with E-state index in [2.05, 4.69) is 15.3 Å². The number of aliphatic hydroxyl groups excluding tert-OH is 1. The van der Waals surface area contributed by atoms with Gasteiger partial charge in [0, 0.05) is 24.4 Å². The van der Waals surface area contributed by atoms with Gasteiger partial charge in [0.1, 0.15) is 17.3 Å². The van der Waals surface area contributed by atoms with Gasteiger partial charge in [-0.3, -0.25) is 4.79 Å². The Bertz CT molecular complexity index is 707. The first-order chi connectivity index (χ1) is 11.4. The number of hydrogen-bond donors (Lipinski definition) is 3. The van der Waals surface area contributed by atoms with Crippen LogP contribution in [0.4, 0.5) is 0 Å². The second kappa shape index (κ2) is 7.49. The molecule has 1 amide bonds. The first kappa shape index (κ1) is 18.0. The van der Waals surface area contributed by atoms with E-state index in [0.29, 0.717) is 30.2 Å². The summed E-state index contributed by atoms with van der Waals surface area (Å²) in [6.45, 7) is 6.41. The number of nitrogens with zero attached hydrogens (tertiary/aromatic N) is 1. The lowest BCUT2D eigenvalue weighted by molar-refractivity contribution is 0.0923. The third kappa shape index (κ3) is 4.35. The summed E-state index contributed by atoms with van der Waals surface area (Å²) in [4.78, 5) is 20.0. The number of aryl methyl sites for hydroxylation is 1. The van der Waals surface area contributed by atoms with Crippen LogP contribution >= 0.6 is 0 Å². The van der Waals surface area contributed by atoms with Crippen LogP contribution < -0.4 is 10.1 Å². The van der Waals surface area contributed by atoms with E-state index in [4.69, 9.17) is 9.84 Å². The second-order valence-electron chi connectivity index (χ2n) is 6.61. The highest BCUT2D eigenvalue weighted by molar-refractivity contribution is 5.94. The molecule has 130 valence electrons. The Morgan fingerprint density at radius 3 is 2.83 bits per heavy atom. The van der Waals surface area contributed by atoms with Gasteiger partial charge in [0.25, 0.3) is 5.91 Å². The van der Waals surface area contributed by atoms with Crippen molar-refractivity contribution in [2.45, 2.75) is 27.2 Å². The zero-order valence-electron chi connectivity index (χ0n) is 14.6. The number of nitrogens with one attached hydrogen (secondary N) is 2. The normalized spacial score (nSPS) is 11.4. The summed E-state index contributed by atoms with van der Waals surface area (Å²) < 4.78 is 5.22. The Hall–Kier alpha value is -2.34. The average molecular weight is 331 g/mol. The van der Waals surface area contributed by atoms with Gasteiger partial charge >= 0.3 is 0 Å². The lowest BCUT2D eigenvalue weighted by Gasteiger charge is -2.23. The smallest absolute Gasteiger partial charge is 0.271 e. The number of aliphatic hydroxyl groups is 1. The fourth-order valence-electron chi connectivity index (χ4n) is 2.38. The molecular formula is C18H25N3O3. The molecule has 0 atom stereocenters. The van der Waals surface area contributed by atoms with Crippen LogP contribution in [0.2, 0.25) is 0 Å². The van der Waals surface area contributed by atoms with Gasteiger partial charge in [0.05, 0.1) is 7.11 Å². The minimum atomic E-state index is -0.219. The SMILES string of the molecule is COc1cccc(-c2nc(C(=O)NCC(C)(C)CCO)c(C)[nH]2)c1. The molecule has 0 unspecified atom stereocenters. The lowest BCUT2D eigenvalue weighted by Crippen LogP contribution is -2.35. The summed E-state index contributed by atoms with van der Waals surface area (Å²) in [5.74, 6) is 1.15. The zero-order valence-corrected chi connectivity index (χ0v) is 14.6. The van der Waals surface area contributed by atoms with Gasteiger partial charge in [-0.2, -0.15) is 0 Å². The number of ether oxygens (including phenoxy) is 1. The molecule has 24 heavy (non-hydrogen) atoms. The summed E-state index contributed by atoms with van der Waals surface area (Å²) in [5, 5.41) is 12.0. The van der Waals surface area contributed by atoms with Gasteiger partial charge in [-0.25, -0.2) is 4.98 Å². The number of carbonyl (C=O) groups excluding carboxylic acids is 1. The van der Waals surface area contributed by atoms with Gasteiger partial charge in [0.2, 0.25) is 0 Å². The molecule has 0 aliphatic heterocycles. The molecule has 1 aromatic heterocycles. The third-order valence-corrected chi connectivity index (χ3v) is 3.96. The number of hydrogen-bond acceptors (Lipinski definition) is 4.